The fourth-order valence-corrected chi connectivity index (χ4v) is 8.95. The van der Waals surface area contributed by atoms with Crippen LogP contribution in [-0.2, 0) is 42.9 Å². The molecule has 1 aliphatic heterocycles. The van der Waals surface area contributed by atoms with Crippen molar-refractivity contribution in [2.75, 3.05) is 13.2 Å². The van der Waals surface area contributed by atoms with Crippen molar-refractivity contribution in [3.63, 3.8) is 0 Å². The molecule has 432 valence electrons. The number of carboxylic acid groups (broad SMARTS) is 1. The molecule has 6 unspecified atom stereocenters. The first-order chi connectivity index (χ1) is 36.6. The van der Waals surface area contributed by atoms with Crippen LogP contribution in [0.15, 0.2) is 60.8 Å². The summed E-state index contributed by atoms with van der Waals surface area (Å²) >= 11 is 0. The molecule has 1 rings (SSSR count). The monoisotopic (exact) mass is 1060 g/mol. The molecule has 12 nitrogen and oxygen atoms in total. The molecule has 0 aromatic rings. The smallest absolute Gasteiger partial charge is 0.335 e. The van der Waals surface area contributed by atoms with Crippen LogP contribution in [-0.4, -0.2) is 89.2 Å². The molecular formula is C63H108O12. The van der Waals surface area contributed by atoms with Crippen LogP contribution < -0.4 is 0 Å². The average Bonchev–Trinajstić information content (AvgIpc) is 3.39. The first-order valence-electron chi connectivity index (χ1n) is 30.3. The summed E-state index contributed by atoms with van der Waals surface area (Å²) in [6.45, 7) is 5.81. The van der Waals surface area contributed by atoms with Gasteiger partial charge in [0, 0.05) is 19.3 Å². The zero-order chi connectivity index (χ0) is 54.7. The number of aliphatic carboxylic acids is 1. The first-order valence-corrected chi connectivity index (χ1v) is 30.3. The quantitative estimate of drug-likeness (QED) is 0.0228. The number of hydrogen-bond acceptors (Lipinski definition) is 11. The number of carboxylic acids is 1. The SMILES string of the molecule is CC/C=C\C/C=C\C/C=C\CCCCCCCC(=O)OC(COC(=O)CCCCCCCCCCCCCCCCCCC)COC1OC(C(=O)O)C(O)C(O)C1OC(=O)CCCCCCC/C=C\C/C=C\CCC. The van der Waals surface area contributed by atoms with Crippen LogP contribution in [0.3, 0.4) is 0 Å². The van der Waals surface area contributed by atoms with E-state index in [0.29, 0.717) is 19.3 Å². The molecule has 3 N–H and O–H groups in total. The fraction of sp³-hybridized carbons (Fsp3) is 0.778. The van der Waals surface area contributed by atoms with Crippen molar-refractivity contribution in [1.29, 1.82) is 0 Å². The second kappa shape index (κ2) is 51.2. The zero-order valence-electron chi connectivity index (χ0n) is 47.5. The highest BCUT2D eigenvalue weighted by Gasteiger charge is 2.50. The van der Waals surface area contributed by atoms with Crippen LogP contribution in [0.2, 0.25) is 0 Å². The van der Waals surface area contributed by atoms with E-state index in [4.69, 9.17) is 23.7 Å². The third-order valence-corrected chi connectivity index (χ3v) is 13.6. The molecular weight excluding hydrogens is 949 g/mol. The summed E-state index contributed by atoms with van der Waals surface area (Å²) in [6, 6.07) is 0. The highest BCUT2D eigenvalue weighted by molar-refractivity contribution is 5.74. The van der Waals surface area contributed by atoms with Gasteiger partial charge in [-0.1, -0.05) is 229 Å². The molecule has 1 heterocycles. The molecule has 75 heavy (non-hydrogen) atoms. The van der Waals surface area contributed by atoms with Crippen molar-refractivity contribution in [2.45, 2.75) is 302 Å². The highest BCUT2D eigenvalue weighted by Crippen LogP contribution is 2.26. The molecule has 0 aliphatic carbocycles. The molecule has 1 fully saturated rings. The van der Waals surface area contributed by atoms with Gasteiger partial charge in [-0.25, -0.2) is 4.79 Å². The highest BCUT2D eigenvalue weighted by atomic mass is 16.7. The number of ether oxygens (including phenoxy) is 5. The van der Waals surface area contributed by atoms with Gasteiger partial charge in [-0.15, -0.1) is 0 Å². The molecule has 6 atom stereocenters. The first kappa shape index (κ1) is 69.4. The van der Waals surface area contributed by atoms with Crippen molar-refractivity contribution >= 4 is 23.9 Å². The minimum atomic E-state index is -1.91. The number of carbonyl (C=O) groups excluding carboxylic acids is 3. The van der Waals surface area contributed by atoms with E-state index >= 15 is 0 Å². The van der Waals surface area contributed by atoms with Crippen molar-refractivity contribution in [3.8, 4) is 0 Å². The standard InChI is InChI=1S/C63H108O12/c1-4-7-10-13-16-19-22-25-27-28-30-32-34-37-40-43-46-49-55(64)71-52-54(73-56(65)50-47-44-41-38-36-33-29-26-23-20-17-14-11-8-5-2)53-72-63-61(59(68)58(67)60(75-63)62(69)70)74-57(66)51-48-45-42-39-35-31-24-21-18-15-12-9-6-3/h8,11-12,15,17,20-21,24,26,29,54,58-61,63,67-68H,4-7,9-10,13-14,16,18-19,22-23,25,27-28,30-53H2,1-3H3,(H,69,70)/b11-8-,15-12-,20-17-,24-21-,29-26-. The van der Waals surface area contributed by atoms with Gasteiger partial charge < -0.3 is 39.0 Å². The van der Waals surface area contributed by atoms with Gasteiger partial charge in [0.2, 0.25) is 0 Å². The lowest BCUT2D eigenvalue weighted by atomic mass is 9.98. The third-order valence-electron chi connectivity index (χ3n) is 13.6. The molecule has 0 spiro atoms. The van der Waals surface area contributed by atoms with Gasteiger partial charge in [0.25, 0.3) is 0 Å². The van der Waals surface area contributed by atoms with Gasteiger partial charge in [0.15, 0.2) is 24.6 Å². The van der Waals surface area contributed by atoms with Crippen LogP contribution in [0.25, 0.3) is 0 Å². The van der Waals surface area contributed by atoms with E-state index < -0.39 is 67.3 Å². The Balaban J connectivity index is 2.69. The average molecular weight is 1060 g/mol. The van der Waals surface area contributed by atoms with E-state index in [1.54, 1.807) is 0 Å². The van der Waals surface area contributed by atoms with Crippen molar-refractivity contribution in [2.24, 2.45) is 0 Å². The second-order valence-corrected chi connectivity index (χ2v) is 20.6. The van der Waals surface area contributed by atoms with Gasteiger partial charge in [-0.3, -0.25) is 14.4 Å². The van der Waals surface area contributed by atoms with Gasteiger partial charge >= 0.3 is 23.9 Å². The summed E-state index contributed by atoms with van der Waals surface area (Å²) in [5, 5.41) is 31.5. The Labute approximate surface area is 456 Å². The Hall–Kier alpha value is -3.58. The third kappa shape index (κ3) is 41.2. The largest absolute Gasteiger partial charge is 0.479 e. The number of aliphatic hydroxyl groups excluding tert-OH is 2. The molecule has 0 amide bonds. The van der Waals surface area contributed by atoms with Crippen LogP contribution in [0.1, 0.15) is 265 Å². The number of esters is 3. The maximum absolute atomic E-state index is 13.1. The Morgan fingerprint density at radius 1 is 0.453 bits per heavy atom. The van der Waals surface area contributed by atoms with Crippen LogP contribution >= 0.6 is 0 Å². The van der Waals surface area contributed by atoms with Gasteiger partial charge in [0.05, 0.1) is 6.61 Å². The minimum absolute atomic E-state index is 0.0422. The normalized spacial score (nSPS) is 18.5. The van der Waals surface area contributed by atoms with E-state index in [-0.39, 0.29) is 25.9 Å². The summed E-state index contributed by atoms with van der Waals surface area (Å²) in [4.78, 5) is 51.1. The van der Waals surface area contributed by atoms with Crippen LogP contribution in [0.4, 0.5) is 0 Å². The van der Waals surface area contributed by atoms with E-state index in [2.05, 4.69) is 81.5 Å². The molecule has 0 aromatic heterocycles. The van der Waals surface area contributed by atoms with E-state index in [1.807, 2.05) is 0 Å². The Bertz CT molecular complexity index is 1540. The summed E-state index contributed by atoms with van der Waals surface area (Å²) in [5.74, 6) is -3.15. The van der Waals surface area contributed by atoms with E-state index in [9.17, 15) is 34.5 Å². The lowest BCUT2D eigenvalue weighted by molar-refractivity contribution is -0.301. The van der Waals surface area contributed by atoms with Gasteiger partial charge in [-0.2, -0.15) is 0 Å². The predicted molar refractivity (Wildman–Crippen MR) is 303 cm³/mol. The summed E-state index contributed by atoms with van der Waals surface area (Å²) in [7, 11) is 0. The van der Waals surface area contributed by atoms with Gasteiger partial charge in [0.1, 0.15) is 18.8 Å². The lowest BCUT2D eigenvalue weighted by Gasteiger charge is -2.40. The number of hydrogen-bond donors (Lipinski definition) is 3. The zero-order valence-corrected chi connectivity index (χ0v) is 47.5. The Morgan fingerprint density at radius 3 is 1.33 bits per heavy atom. The molecule has 0 bridgehead atoms. The fourth-order valence-electron chi connectivity index (χ4n) is 8.95. The van der Waals surface area contributed by atoms with E-state index in [0.717, 1.165) is 122 Å². The summed E-state index contributed by atoms with van der Waals surface area (Å²) in [6.07, 6.45) is 50.5. The molecule has 0 radical (unpaired) electrons. The number of allylic oxidation sites excluding steroid dienone is 10. The second-order valence-electron chi connectivity index (χ2n) is 20.6. The van der Waals surface area contributed by atoms with E-state index in [1.165, 1.54) is 83.5 Å². The van der Waals surface area contributed by atoms with Crippen LogP contribution in [0.5, 0.6) is 0 Å². The van der Waals surface area contributed by atoms with Gasteiger partial charge in [-0.05, 0) is 77.0 Å². The molecule has 0 saturated carbocycles. The summed E-state index contributed by atoms with van der Waals surface area (Å²) < 4.78 is 28.4. The van der Waals surface area contributed by atoms with Crippen LogP contribution in [0, 0.1) is 0 Å². The van der Waals surface area contributed by atoms with Crippen molar-refractivity contribution in [1.82, 2.24) is 0 Å². The van der Waals surface area contributed by atoms with Crippen molar-refractivity contribution in [3.05, 3.63) is 60.8 Å². The number of carbonyl (C=O) groups is 4. The minimum Gasteiger partial charge on any atom is -0.479 e. The molecule has 1 saturated heterocycles. The number of rotatable bonds is 51. The topological polar surface area (TPSA) is 175 Å². The molecule has 1 aliphatic rings. The molecule has 12 heteroatoms. The number of aliphatic hydroxyl groups is 2. The maximum Gasteiger partial charge on any atom is 0.335 e. The Morgan fingerprint density at radius 2 is 0.867 bits per heavy atom. The molecule has 0 aromatic carbocycles. The maximum atomic E-state index is 13.1. The number of unbranched alkanes of at least 4 members (excludes halogenated alkanes) is 27. The lowest BCUT2D eigenvalue weighted by Crippen LogP contribution is -2.61. The predicted octanol–water partition coefficient (Wildman–Crippen LogP) is 15.6. The summed E-state index contributed by atoms with van der Waals surface area (Å²) in [5.41, 5.74) is 0. The Kier molecular flexibility index (Phi) is 47.4. The van der Waals surface area contributed by atoms with Crippen molar-refractivity contribution < 1.29 is 58.2 Å².